The number of aliphatic imine (C=N–C) groups is 1. The molecule has 0 bridgehead atoms. The van der Waals surface area contributed by atoms with Gasteiger partial charge >= 0.3 is 0 Å². The molecule has 8 nitrogen and oxygen atoms in total. The van der Waals surface area contributed by atoms with Gasteiger partial charge in [0.1, 0.15) is 18.0 Å². The van der Waals surface area contributed by atoms with Crippen LogP contribution in [0.1, 0.15) is 6.92 Å². The van der Waals surface area contributed by atoms with Gasteiger partial charge in [-0.2, -0.15) is 0 Å². The summed E-state index contributed by atoms with van der Waals surface area (Å²) in [5.41, 5.74) is 1.41. The highest BCUT2D eigenvalue weighted by atomic mass is 32.2. The fourth-order valence-corrected chi connectivity index (χ4v) is 7.45. The molecule has 2 aromatic rings. The molecule has 1 fully saturated rings. The zero-order valence-electron chi connectivity index (χ0n) is 17.9. The maximum absolute atomic E-state index is 12.9. The number of nitrogens with zero attached hydrogens (tertiary/aromatic N) is 2. The summed E-state index contributed by atoms with van der Waals surface area (Å²) in [5, 5.41) is 3.43. The van der Waals surface area contributed by atoms with Crippen molar-refractivity contribution >= 4 is 44.0 Å². The van der Waals surface area contributed by atoms with Gasteiger partial charge in [-0.25, -0.2) is 8.42 Å². The average Bonchev–Trinajstić information content (AvgIpc) is 3.26. The fraction of sp³-hybridized carbons (Fsp3) is 0.364. The normalized spacial score (nSPS) is 20.9. The topological polar surface area (TPSA) is 97.3 Å². The number of thioether (sulfide) groups is 1. The lowest BCUT2D eigenvalue weighted by Crippen LogP contribution is -2.36. The van der Waals surface area contributed by atoms with E-state index in [1.54, 1.807) is 31.4 Å². The highest BCUT2D eigenvalue weighted by Crippen LogP contribution is 2.37. The van der Waals surface area contributed by atoms with Crippen LogP contribution in [-0.2, 0) is 14.6 Å². The Morgan fingerprint density at radius 3 is 2.66 bits per heavy atom. The van der Waals surface area contributed by atoms with Crippen LogP contribution >= 0.6 is 11.8 Å². The smallest absolute Gasteiger partial charge is 0.244 e. The Hall–Kier alpha value is -2.72. The third-order valence-electron chi connectivity index (χ3n) is 5.15. The maximum Gasteiger partial charge on any atom is 0.244 e. The molecule has 0 aromatic heterocycles. The Morgan fingerprint density at radius 2 is 1.97 bits per heavy atom. The third-order valence-corrected chi connectivity index (χ3v) is 8.40. The Balaban J connectivity index is 1.55. The summed E-state index contributed by atoms with van der Waals surface area (Å²) in [5.74, 6) is 1.33. The van der Waals surface area contributed by atoms with Crippen LogP contribution in [0.4, 0.5) is 11.4 Å². The standard InChI is InChI=1S/C22H25N3O5S2/c1-3-30-17-9-7-16(8-10-17)25(22-24-19-13-32(27,28)14-20(19)31-22)12-21(26)23-15-5-4-6-18(11-15)29-2/h4-11,19-20H,3,12-14H2,1-2H3,(H,23,26)/t19-,20+/m1/s1. The van der Waals surface area contributed by atoms with Gasteiger partial charge in [-0.3, -0.25) is 9.79 Å². The zero-order valence-corrected chi connectivity index (χ0v) is 19.5. The molecule has 0 radical (unpaired) electrons. The molecule has 2 aliphatic rings. The Bertz CT molecular complexity index is 1120. The van der Waals surface area contributed by atoms with E-state index in [9.17, 15) is 13.2 Å². The SMILES string of the molecule is CCOc1ccc(N(CC(=O)Nc2cccc(OC)c2)C2=N[C@@H]3CS(=O)(=O)C[C@@H]3S2)cc1. The predicted octanol–water partition coefficient (Wildman–Crippen LogP) is 2.81. The predicted molar refractivity (Wildman–Crippen MR) is 128 cm³/mol. The summed E-state index contributed by atoms with van der Waals surface area (Å²) in [4.78, 5) is 19.4. The summed E-state index contributed by atoms with van der Waals surface area (Å²) in [6.45, 7) is 2.51. The molecule has 0 spiro atoms. The van der Waals surface area contributed by atoms with E-state index >= 15 is 0 Å². The highest BCUT2D eigenvalue weighted by Gasteiger charge is 2.44. The van der Waals surface area contributed by atoms with Crippen LogP contribution in [0.15, 0.2) is 53.5 Å². The molecule has 1 N–H and O–H groups in total. The first-order chi connectivity index (χ1) is 15.4. The summed E-state index contributed by atoms with van der Waals surface area (Å²) in [6.07, 6.45) is 0. The largest absolute Gasteiger partial charge is 0.497 e. The van der Waals surface area contributed by atoms with Crippen molar-refractivity contribution in [1.29, 1.82) is 0 Å². The van der Waals surface area contributed by atoms with Gasteiger partial charge in [0.15, 0.2) is 15.0 Å². The summed E-state index contributed by atoms with van der Waals surface area (Å²) in [7, 11) is -1.49. The van der Waals surface area contributed by atoms with Crippen LogP contribution < -0.4 is 19.7 Å². The number of anilines is 2. The molecule has 0 aliphatic carbocycles. The van der Waals surface area contributed by atoms with Crippen molar-refractivity contribution in [2.24, 2.45) is 4.99 Å². The number of nitrogens with one attached hydrogen (secondary N) is 1. The summed E-state index contributed by atoms with van der Waals surface area (Å²) in [6, 6.07) is 14.3. The lowest BCUT2D eigenvalue weighted by Gasteiger charge is -2.24. The second-order valence-electron chi connectivity index (χ2n) is 7.51. The number of amidine groups is 1. The molecule has 0 saturated carbocycles. The quantitative estimate of drug-likeness (QED) is 0.658. The number of rotatable bonds is 7. The van der Waals surface area contributed by atoms with Gasteiger partial charge in [-0.1, -0.05) is 17.8 Å². The van der Waals surface area contributed by atoms with Crippen molar-refractivity contribution in [3.63, 3.8) is 0 Å². The van der Waals surface area contributed by atoms with E-state index < -0.39 is 9.84 Å². The molecule has 170 valence electrons. The number of carbonyl (C=O) groups excluding carboxylic acids is 1. The minimum absolute atomic E-state index is 0.0310. The van der Waals surface area contributed by atoms with E-state index in [1.165, 1.54) is 11.8 Å². The van der Waals surface area contributed by atoms with Crippen LogP contribution in [0.5, 0.6) is 11.5 Å². The van der Waals surface area contributed by atoms with Crippen molar-refractivity contribution in [3.8, 4) is 11.5 Å². The second-order valence-corrected chi connectivity index (χ2v) is 10.9. The van der Waals surface area contributed by atoms with E-state index in [1.807, 2.05) is 36.1 Å². The first kappa shape index (κ1) is 22.5. The number of fused-ring (bicyclic) bond motifs is 1. The molecule has 2 aromatic carbocycles. The lowest BCUT2D eigenvalue weighted by molar-refractivity contribution is -0.114. The first-order valence-corrected chi connectivity index (χ1v) is 13.0. The van der Waals surface area contributed by atoms with Crippen molar-refractivity contribution in [2.45, 2.75) is 18.2 Å². The van der Waals surface area contributed by atoms with Gasteiger partial charge in [0.05, 0.1) is 31.3 Å². The average molecular weight is 476 g/mol. The molecule has 2 heterocycles. The Kier molecular flexibility index (Phi) is 6.61. The molecular weight excluding hydrogens is 450 g/mol. The van der Waals surface area contributed by atoms with Crippen molar-refractivity contribution in [2.75, 3.05) is 42.0 Å². The van der Waals surface area contributed by atoms with Gasteiger partial charge < -0.3 is 19.7 Å². The summed E-state index contributed by atoms with van der Waals surface area (Å²) < 4.78 is 34.6. The van der Waals surface area contributed by atoms with E-state index in [4.69, 9.17) is 9.47 Å². The molecule has 32 heavy (non-hydrogen) atoms. The Morgan fingerprint density at radius 1 is 1.19 bits per heavy atom. The number of benzene rings is 2. The van der Waals surface area contributed by atoms with Crippen LogP contribution in [0, 0.1) is 0 Å². The van der Waals surface area contributed by atoms with Crippen LogP contribution in [0.25, 0.3) is 0 Å². The number of methoxy groups -OCH3 is 1. The number of hydrogen-bond acceptors (Lipinski definition) is 8. The maximum atomic E-state index is 12.9. The van der Waals surface area contributed by atoms with Crippen molar-refractivity contribution in [1.82, 2.24) is 0 Å². The van der Waals surface area contributed by atoms with Gasteiger partial charge in [-0.05, 0) is 43.3 Å². The molecule has 2 atom stereocenters. The van der Waals surface area contributed by atoms with Crippen LogP contribution in [-0.4, -0.2) is 62.6 Å². The highest BCUT2D eigenvalue weighted by molar-refractivity contribution is 8.15. The molecule has 4 rings (SSSR count). The van der Waals surface area contributed by atoms with Gasteiger partial charge in [0, 0.05) is 22.7 Å². The number of sulfone groups is 1. The molecular formula is C22H25N3O5S2. The molecule has 1 amide bonds. The van der Waals surface area contributed by atoms with Crippen molar-refractivity contribution < 1.29 is 22.7 Å². The first-order valence-electron chi connectivity index (χ1n) is 10.3. The van der Waals surface area contributed by atoms with E-state index in [0.29, 0.717) is 23.2 Å². The zero-order chi connectivity index (χ0) is 22.7. The second kappa shape index (κ2) is 9.41. The number of ether oxygens (including phenoxy) is 2. The number of hydrogen-bond donors (Lipinski definition) is 1. The number of carbonyl (C=O) groups is 1. The van der Waals surface area contributed by atoms with E-state index in [2.05, 4.69) is 10.3 Å². The molecule has 1 saturated heterocycles. The third kappa shape index (κ3) is 5.18. The van der Waals surface area contributed by atoms with E-state index in [-0.39, 0.29) is 35.2 Å². The Labute approximate surface area is 191 Å². The molecule has 0 unspecified atom stereocenters. The van der Waals surface area contributed by atoms with Crippen LogP contribution in [0.2, 0.25) is 0 Å². The molecule has 10 heteroatoms. The lowest BCUT2D eigenvalue weighted by atomic mass is 10.2. The minimum atomic E-state index is -3.06. The van der Waals surface area contributed by atoms with Gasteiger partial charge in [0.2, 0.25) is 5.91 Å². The van der Waals surface area contributed by atoms with E-state index in [0.717, 1.165) is 11.4 Å². The summed E-state index contributed by atoms with van der Waals surface area (Å²) >= 11 is 1.42. The number of amides is 1. The van der Waals surface area contributed by atoms with Gasteiger partial charge in [-0.15, -0.1) is 0 Å². The monoisotopic (exact) mass is 475 g/mol. The van der Waals surface area contributed by atoms with Crippen molar-refractivity contribution in [3.05, 3.63) is 48.5 Å². The molecule has 2 aliphatic heterocycles. The van der Waals surface area contributed by atoms with Gasteiger partial charge in [0.25, 0.3) is 0 Å². The van der Waals surface area contributed by atoms with Crippen LogP contribution in [0.3, 0.4) is 0 Å². The minimum Gasteiger partial charge on any atom is -0.497 e. The fourth-order valence-electron chi connectivity index (χ4n) is 3.67.